The third kappa shape index (κ3) is 4.62. The number of carbonyl (C=O) groups is 1. The number of halogens is 2. The van der Waals surface area contributed by atoms with E-state index in [-0.39, 0.29) is 23.4 Å². The summed E-state index contributed by atoms with van der Waals surface area (Å²) >= 11 is 0. The molecule has 138 valence electrons. The Morgan fingerprint density at radius 2 is 1.85 bits per heavy atom. The molecule has 5 nitrogen and oxygen atoms in total. The van der Waals surface area contributed by atoms with Crippen LogP contribution in [0.5, 0.6) is 11.5 Å². The van der Waals surface area contributed by atoms with Crippen LogP contribution in [0.15, 0.2) is 48.5 Å². The maximum Gasteiger partial charge on any atom is 0.387 e. The van der Waals surface area contributed by atoms with Gasteiger partial charge in [0.05, 0.1) is 7.11 Å². The van der Waals surface area contributed by atoms with Gasteiger partial charge in [-0.25, -0.2) is 0 Å². The lowest BCUT2D eigenvalue weighted by atomic mass is 10.1. The molecule has 2 aromatic carbocycles. The van der Waals surface area contributed by atoms with Gasteiger partial charge in [0.15, 0.2) is 11.5 Å². The third-order valence-corrected chi connectivity index (χ3v) is 4.01. The molecule has 0 bridgehead atoms. The molecule has 26 heavy (non-hydrogen) atoms. The maximum atomic E-state index is 12.6. The molecule has 1 saturated carbocycles. The molecule has 1 aliphatic carbocycles. The first-order valence-corrected chi connectivity index (χ1v) is 8.31. The minimum Gasteiger partial charge on any atom is -0.493 e. The Balaban J connectivity index is 1.84. The molecule has 7 heteroatoms. The fourth-order valence-electron chi connectivity index (χ4n) is 2.58. The second-order valence-corrected chi connectivity index (χ2v) is 6.02. The van der Waals surface area contributed by atoms with Crippen LogP contribution in [0.2, 0.25) is 0 Å². The van der Waals surface area contributed by atoms with Gasteiger partial charge in [-0.2, -0.15) is 8.78 Å². The first kappa shape index (κ1) is 18.0. The molecule has 3 rings (SSSR count). The summed E-state index contributed by atoms with van der Waals surface area (Å²) < 4.78 is 34.8. The number of methoxy groups -OCH3 is 1. The van der Waals surface area contributed by atoms with E-state index in [0.717, 1.165) is 18.4 Å². The number of hydrogen-bond donors (Lipinski definition) is 2. The Labute approximate surface area is 150 Å². The highest BCUT2D eigenvalue weighted by Crippen LogP contribution is 2.33. The monoisotopic (exact) mass is 362 g/mol. The Bertz CT molecular complexity index is 752. The normalized spacial score (nSPS) is 14.6. The van der Waals surface area contributed by atoms with E-state index in [9.17, 15) is 13.6 Å². The van der Waals surface area contributed by atoms with E-state index in [1.54, 1.807) is 6.07 Å². The summed E-state index contributed by atoms with van der Waals surface area (Å²) in [5, 5.41) is 6.07. The summed E-state index contributed by atoms with van der Waals surface area (Å²) in [7, 11) is 1.37. The second kappa shape index (κ2) is 8.03. The van der Waals surface area contributed by atoms with E-state index < -0.39 is 12.7 Å². The summed E-state index contributed by atoms with van der Waals surface area (Å²) in [6, 6.07) is 13.3. The lowest BCUT2D eigenvalue weighted by Gasteiger charge is -2.21. The minimum atomic E-state index is -2.97. The molecular weight excluding hydrogens is 342 g/mol. The van der Waals surface area contributed by atoms with E-state index in [2.05, 4.69) is 15.4 Å². The first-order valence-electron chi connectivity index (χ1n) is 8.31. The average Bonchev–Trinajstić information content (AvgIpc) is 3.44. The highest BCUT2D eigenvalue weighted by molar-refractivity contribution is 5.86. The number of benzene rings is 2. The van der Waals surface area contributed by atoms with Crippen LogP contribution in [0.1, 0.15) is 24.4 Å². The topological polar surface area (TPSA) is 59.6 Å². The van der Waals surface area contributed by atoms with Crippen LogP contribution in [0.25, 0.3) is 0 Å². The lowest BCUT2D eigenvalue weighted by molar-refractivity contribution is -0.122. The smallest absolute Gasteiger partial charge is 0.387 e. The van der Waals surface area contributed by atoms with Gasteiger partial charge < -0.3 is 20.1 Å². The lowest BCUT2D eigenvalue weighted by Crippen LogP contribution is -2.34. The van der Waals surface area contributed by atoms with Gasteiger partial charge in [0, 0.05) is 17.8 Å². The zero-order valence-corrected chi connectivity index (χ0v) is 14.2. The number of alkyl halides is 2. The Morgan fingerprint density at radius 3 is 2.46 bits per heavy atom. The van der Waals surface area contributed by atoms with Crippen molar-refractivity contribution in [3.63, 3.8) is 0 Å². The Hall–Kier alpha value is -2.83. The molecule has 0 saturated heterocycles. The van der Waals surface area contributed by atoms with Crippen LogP contribution >= 0.6 is 0 Å². The van der Waals surface area contributed by atoms with Crippen molar-refractivity contribution in [2.24, 2.45) is 0 Å². The molecule has 1 aliphatic rings. The fourth-order valence-corrected chi connectivity index (χ4v) is 2.58. The Morgan fingerprint density at radius 1 is 1.12 bits per heavy atom. The van der Waals surface area contributed by atoms with Crippen LogP contribution < -0.4 is 20.1 Å². The zero-order valence-electron chi connectivity index (χ0n) is 14.2. The zero-order chi connectivity index (χ0) is 18.5. The van der Waals surface area contributed by atoms with E-state index in [1.807, 2.05) is 30.3 Å². The predicted octanol–water partition coefficient (Wildman–Crippen LogP) is 3.73. The van der Waals surface area contributed by atoms with Crippen molar-refractivity contribution in [2.75, 3.05) is 12.4 Å². The third-order valence-electron chi connectivity index (χ3n) is 4.01. The molecule has 1 fully saturated rings. The van der Waals surface area contributed by atoms with Gasteiger partial charge in [-0.3, -0.25) is 4.79 Å². The summed E-state index contributed by atoms with van der Waals surface area (Å²) in [5.74, 6) is -0.0673. The number of nitrogens with one attached hydrogen (secondary N) is 2. The van der Waals surface area contributed by atoms with Crippen LogP contribution in [-0.2, 0) is 4.79 Å². The molecule has 2 aromatic rings. The van der Waals surface area contributed by atoms with Crippen LogP contribution in [0, 0.1) is 0 Å². The molecule has 1 amide bonds. The molecule has 0 spiro atoms. The number of rotatable bonds is 8. The highest BCUT2D eigenvalue weighted by atomic mass is 19.3. The first-order chi connectivity index (χ1) is 12.6. The molecule has 2 N–H and O–H groups in total. The van der Waals surface area contributed by atoms with Gasteiger partial charge in [-0.1, -0.05) is 30.3 Å². The fraction of sp³-hybridized carbons (Fsp3) is 0.316. The van der Waals surface area contributed by atoms with Gasteiger partial charge in [0.2, 0.25) is 5.91 Å². The molecule has 0 unspecified atom stereocenters. The van der Waals surface area contributed by atoms with Gasteiger partial charge in [-0.15, -0.1) is 0 Å². The number of amides is 1. The molecule has 0 aromatic heterocycles. The number of carbonyl (C=O) groups excluding carboxylic acids is 1. The van der Waals surface area contributed by atoms with Gasteiger partial charge >= 0.3 is 6.61 Å². The molecule has 0 radical (unpaired) electrons. The number of ether oxygens (including phenoxy) is 2. The predicted molar refractivity (Wildman–Crippen MR) is 93.6 cm³/mol. The van der Waals surface area contributed by atoms with Crippen molar-refractivity contribution in [2.45, 2.75) is 31.5 Å². The average molecular weight is 362 g/mol. The summed E-state index contributed by atoms with van der Waals surface area (Å²) in [6.45, 7) is -2.97. The quantitative estimate of drug-likeness (QED) is 0.751. The molecular formula is C19H20F2N2O3. The van der Waals surface area contributed by atoms with Crippen molar-refractivity contribution in [3.8, 4) is 11.5 Å². The summed E-state index contributed by atoms with van der Waals surface area (Å²) in [4.78, 5) is 12.6. The highest BCUT2D eigenvalue weighted by Gasteiger charge is 2.28. The number of hydrogen-bond acceptors (Lipinski definition) is 4. The second-order valence-electron chi connectivity index (χ2n) is 6.02. The van der Waals surface area contributed by atoms with Gasteiger partial charge in [0.25, 0.3) is 0 Å². The molecule has 0 aliphatic heterocycles. The van der Waals surface area contributed by atoms with Crippen molar-refractivity contribution < 1.29 is 23.0 Å². The van der Waals surface area contributed by atoms with Crippen LogP contribution in [0.4, 0.5) is 14.5 Å². The van der Waals surface area contributed by atoms with Crippen molar-refractivity contribution in [1.82, 2.24) is 5.32 Å². The largest absolute Gasteiger partial charge is 0.493 e. The van der Waals surface area contributed by atoms with E-state index >= 15 is 0 Å². The number of anilines is 1. The standard InChI is InChI=1S/C19H20F2N2O3/c1-25-15-10-9-14(11-16(15)26-19(20)21)22-17(12-5-3-2-4-6-12)18(24)23-13-7-8-13/h2-6,9-11,13,17,19,22H,7-8H2,1H3,(H,23,24)/t17-/m1/s1. The van der Waals surface area contributed by atoms with Gasteiger partial charge in [0.1, 0.15) is 6.04 Å². The summed E-state index contributed by atoms with van der Waals surface area (Å²) in [6.07, 6.45) is 1.95. The summed E-state index contributed by atoms with van der Waals surface area (Å²) in [5.41, 5.74) is 1.25. The van der Waals surface area contributed by atoms with Crippen LogP contribution in [0.3, 0.4) is 0 Å². The molecule has 1 atom stereocenters. The van der Waals surface area contributed by atoms with Crippen molar-refractivity contribution >= 4 is 11.6 Å². The minimum absolute atomic E-state index is 0.0955. The van der Waals surface area contributed by atoms with Crippen molar-refractivity contribution in [3.05, 3.63) is 54.1 Å². The Kier molecular flexibility index (Phi) is 5.55. The van der Waals surface area contributed by atoms with E-state index in [1.165, 1.54) is 19.2 Å². The SMILES string of the molecule is COc1ccc(N[C@@H](C(=O)NC2CC2)c2ccccc2)cc1OC(F)F. The maximum absolute atomic E-state index is 12.6. The van der Waals surface area contributed by atoms with Gasteiger partial charge in [-0.05, 0) is 30.5 Å². The van der Waals surface area contributed by atoms with E-state index in [4.69, 9.17) is 4.74 Å². The molecule has 0 heterocycles. The van der Waals surface area contributed by atoms with Crippen molar-refractivity contribution in [1.29, 1.82) is 0 Å². The van der Waals surface area contributed by atoms with E-state index in [0.29, 0.717) is 5.69 Å². The van der Waals surface area contributed by atoms with Crippen LogP contribution in [-0.4, -0.2) is 25.7 Å².